The Hall–Kier alpha value is -2.47. The smallest absolute Gasteiger partial charge is 0.337 e. The van der Waals surface area contributed by atoms with Crippen molar-refractivity contribution in [3.63, 3.8) is 0 Å². The van der Waals surface area contributed by atoms with Gasteiger partial charge in [-0.15, -0.1) is 11.8 Å². The highest BCUT2D eigenvalue weighted by atomic mass is 32.2. The molecule has 0 aliphatic heterocycles. The zero-order valence-electron chi connectivity index (χ0n) is 13.6. The van der Waals surface area contributed by atoms with E-state index in [0.29, 0.717) is 17.0 Å². The van der Waals surface area contributed by atoms with Crippen LogP contribution >= 0.6 is 11.8 Å². The van der Waals surface area contributed by atoms with Crippen molar-refractivity contribution in [1.29, 1.82) is 0 Å². The molecule has 24 heavy (non-hydrogen) atoms. The Bertz CT molecular complexity index is 683. The third-order valence-electron chi connectivity index (χ3n) is 3.25. The molecule has 126 valence electrons. The van der Waals surface area contributed by atoms with E-state index in [1.165, 1.54) is 18.9 Å². The summed E-state index contributed by atoms with van der Waals surface area (Å²) < 4.78 is 9.74. The number of ether oxygens (including phenoxy) is 2. The number of esters is 1. The van der Waals surface area contributed by atoms with Crippen molar-refractivity contribution in [3.05, 3.63) is 59.7 Å². The van der Waals surface area contributed by atoms with Gasteiger partial charge in [0, 0.05) is 11.4 Å². The molecule has 0 aliphatic rings. The molecule has 0 fully saturated rings. The zero-order chi connectivity index (χ0) is 17.4. The highest BCUT2D eigenvalue weighted by molar-refractivity contribution is 7.99. The maximum atomic E-state index is 11.9. The number of nitrogens with one attached hydrogen (secondary N) is 1. The Morgan fingerprint density at radius 3 is 2.25 bits per heavy atom. The van der Waals surface area contributed by atoms with E-state index in [1.54, 1.807) is 31.4 Å². The third-order valence-corrected chi connectivity index (χ3v) is 4.25. The maximum Gasteiger partial charge on any atom is 0.337 e. The normalized spacial score (nSPS) is 10.1. The van der Waals surface area contributed by atoms with Gasteiger partial charge in [-0.3, -0.25) is 4.79 Å². The zero-order valence-corrected chi connectivity index (χ0v) is 14.4. The fraction of sp³-hybridized carbons (Fsp3) is 0.222. The van der Waals surface area contributed by atoms with Gasteiger partial charge < -0.3 is 14.8 Å². The molecule has 0 unspecified atom stereocenters. The van der Waals surface area contributed by atoms with Gasteiger partial charge in [0.15, 0.2) is 0 Å². The average molecular weight is 345 g/mol. The molecule has 0 atom stereocenters. The Balaban J connectivity index is 1.77. The van der Waals surface area contributed by atoms with Crippen molar-refractivity contribution >= 4 is 29.3 Å². The second kappa shape index (κ2) is 8.98. The van der Waals surface area contributed by atoms with Crippen LogP contribution in [-0.4, -0.2) is 31.8 Å². The minimum absolute atomic E-state index is 0.0840. The average Bonchev–Trinajstić information content (AvgIpc) is 2.62. The van der Waals surface area contributed by atoms with E-state index in [2.05, 4.69) is 10.1 Å². The Morgan fingerprint density at radius 1 is 1.00 bits per heavy atom. The summed E-state index contributed by atoms with van der Waals surface area (Å²) in [7, 11) is 2.96. The van der Waals surface area contributed by atoms with Gasteiger partial charge in [0.1, 0.15) is 5.75 Å². The van der Waals surface area contributed by atoms with Crippen LogP contribution in [0, 0.1) is 0 Å². The largest absolute Gasteiger partial charge is 0.497 e. The number of carbonyl (C=O) groups excluding carboxylic acids is 2. The summed E-state index contributed by atoms with van der Waals surface area (Å²) >= 11 is 1.53. The highest BCUT2D eigenvalue weighted by Crippen LogP contribution is 2.17. The minimum atomic E-state index is -0.400. The van der Waals surface area contributed by atoms with Crippen LogP contribution in [0.3, 0.4) is 0 Å². The van der Waals surface area contributed by atoms with Crippen molar-refractivity contribution in [1.82, 2.24) is 0 Å². The first kappa shape index (κ1) is 17.9. The number of rotatable bonds is 7. The summed E-state index contributed by atoms with van der Waals surface area (Å²) in [5.41, 5.74) is 2.23. The Kier molecular flexibility index (Phi) is 6.69. The number of thioether (sulfide) groups is 1. The molecule has 2 rings (SSSR count). The lowest BCUT2D eigenvalue weighted by molar-refractivity contribution is -0.113. The van der Waals surface area contributed by atoms with Gasteiger partial charge in [0.25, 0.3) is 0 Å². The Labute approximate surface area is 145 Å². The van der Waals surface area contributed by atoms with E-state index in [9.17, 15) is 9.59 Å². The molecule has 0 saturated carbocycles. The van der Waals surface area contributed by atoms with Crippen LogP contribution in [0.15, 0.2) is 48.5 Å². The summed E-state index contributed by atoms with van der Waals surface area (Å²) in [6.07, 6.45) is 0. The summed E-state index contributed by atoms with van der Waals surface area (Å²) in [4.78, 5) is 23.3. The summed E-state index contributed by atoms with van der Waals surface area (Å²) in [5.74, 6) is 1.43. The van der Waals surface area contributed by atoms with Gasteiger partial charge in [0.2, 0.25) is 5.91 Å². The number of hydrogen-bond donors (Lipinski definition) is 1. The Morgan fingerprint density at radius 2 is 1.67 bits per heavy atom. The molecule has 0 heterocycles. The SMILES string of the molecule is COC(=O)c1ccc(NC(=O)CSCc2ccc(OC)cc2)cc1. The highest BCUT2D eigenvalue weighted by Gasteiger charge is 2.06. The molecule has 6 heteroatoms. The second-order valence-corrected chi connectivity index (χ2v) is 5.94. The molecule has 0 aliphatic carbocycles. The second-order valence-electron chi connectivity index (χ2n) is 4.96. The predicted octanol–water partition coefficient (Wildman–Crippen LogP) is 3.35. The number of carbonyl (C=O) groups is 2. The lowest BCUT2D eigenvalue weighted by atomic mass is 10.2. The molecule has 1 N–H and O–H groups in total. The molecule has 0 spiro atoms. The van der Waals surface area contributed by atoms with Crippen LogP contribution in [0.1, 0.15) is 15.9 Å². The van der Waals surface area contributed by atoms with Gasteiger partial charge in [-0.25, -0.2) is 4.79 Å². The molecule has 0 radical (unpaired) electrons. The molecule has 2 aromatic carbocycles. The molecular formula is C18H19NO4S. The van der Waals surface area contributed by atoms with Crippen molar-refractivity contribution in [2.45, 2.75) is 5.75 Å². The van der Waals surface area contributed by atoms with Gasteiger partial charge in [-0.2, -0.15) is 0 Å². The first-order valence-corrected chi connectivity index (χ1v) is 8.46. The number of methoxy groups -OCH3 is 2. The molecule has 5 nitrogen and oxygen atoms in total. The van der Waals surface area contributed by atoms with E-state index in [-0.39, 0.29) is 5.91 Å². The van der Waals surface area contributed by atoms with Gasteiger partial charge in [-0.05, 0) is 42.0 Å². The maximum absolute atomic E-state index is 11.9. The van der Waals surface area contributed by atoms with Gasteiger partial charge in [0.05, 0.1) is 25.5 Å². The van der Waals surface area contributed by atoms with Crippen LogP contribution in [0.2, 0.25) is 0 Å². The summed E-state index contributed by atoms with van der Waals surface area (Å²) in [5, 5.41) is 2.80. The minimum Gasteiger partial charge on any atom is -0.497 e. The summed E-state index contributed by atoms with van der Waals surface area (Å²) in [6, 6.07) is 14.4. The number of hydrogen-bond acceptors (Lipinski definition) is 5. The predicted molar refractivity (Wildman–Crippen MR) is 95.6 cm³/mol. The van der Waals surface area contributed by atoms with Crippen LogP contribution in [0.25, 0.3) is 0 Å². The van der Waals surface area contributed by atoms with Crippen molar-refractivity contribution in [2.75, 3.05) is 25.3 Å². The number of amides is 1. The number of benzene rings is 2. The van der Waals surface area contributed by atoms with Crippen LogP contribution in [0.4, 0.5) is 5.69 Å². The topological polar surface area (TPSA) is 64.6 Å². The van der Waals surface area contributed by atoms with E-state index in [0.717, 1.165) is 17.1 Å². The van der Waals surface area contributed by atoms with Crippen LogP contribution < -0.4 is 10.1 Å². The van der Waals surface area contributed by atoms with E-state index in [1.807, 2.05) is 24.3 Å². The fourth-order valence-electron chi connectivity index (χ4n) is 1.99. The molecule has 2 aromatic rings. The fourth-order valence-corrected chi connectivity index (χ4v) is 2.78. The first-order valence-electron chi connectivity index (χ1n) is 7.31. The molecule has 0 aromatic heterocycles. The van der Waals surface area contributed by atoms with E-state index >= 15 is 0 Å². The number of anilines is 1. The monoisotopic (exact) mass is 345 g/mol. The van der Waals surface area contributed by atoms with Gasteiger partial charge in [-0.1, -0.05) is 12.1 Å². The van der Waals surface area contributed by atoms with Crippen molar-refractivity contribution in [3.8, 4) is 5.75 Å². The molecular weight excluding hydrogens is 326 g/mol. The lowest BCUT2D eigenvalue weighted by Gasteiger charge is -2.06. The lowest BCUT2D eigenvalue weighted by Crippen LogP contribution is -2.14. The van der Waals surface area contributed by atoms with E-state index < -0.39 is 5.97 Å². The third kappa shape index (κ3) is 5.31. The van der Waals surface area contributed by atoms with Crippen molar-refractivity contribution < 1.29 is 19.1 Å². The standard InChI is InChI=1S/C18H19NO4S/c1-22-16-9-3-13(4-10-16)11-24-12-17(20)19-15-7-5-14(6-8-15)18(21)23-2/h3-10H,11-12H2,1-2H3,(H,19,20). The van der Waals surface area contributed by atoms with Gasteiger partial charge >= 0.3 is 5.97 Å². The van der Waals surface area contributed by atoms with Crippen molar-refractivity contribution in [2.24, 2.45) is 0 Å². The molecule has 1 amide bonds. The summed E-state index contributed by atoms with van der Waals surface area (Å²) in [6.45, 7) is 0. The van der Waals surface area contributed by atoms with Crippen LogP contribution in [0.5, 0.6) is 5.75 Å². The molecule has 0 saturated heterocycles. The van der Waals surface area contributed by atoms with Crippen LogP contribution in [-0.2, 0) is 15.3 Å². The van der Waals surface area contributed by atoms with E-state index in [4.69, 9.17) is 4.74 Å². The quantitative estimate of drug-likeness (QED) is 0.780. The molecule has 0 bridgehead atoms. The first-order chi connectivity index (χ1) is 11.6.